The quantitative estimate of drug-likeness (QED) is 0.702. The fraction of sp³-hybridized carbons (Fsp3) is 0.312. The van der Waals surface area contributed by atoms with E-state index in [4.69, 9.17) is 4.42 Å². The molecule has 0 bridgehead atoms. The van der Waals surface area contributed by atoms with Crippen molar-refractivity contribution in [1.29, 1.82) is 0 Å². The van der Waals surface area contributed by atoms with E-state index >= 15 is 0 Å². The Morgan fingerprint density at radius 1 is 1.12 bits per heavy atom. The maximum Gasteiger partial charge on any atom is 0.424 e. The van der Waals surface area contributed by atoms with Crippen LogP contribution in [0.4, 0.5) is 0 Å². The predicted molar refractivity (Wildman–Crippen MR) is 94.2 cm³/mol. The van der Waals surface area contributed by atoms with Gasteiger partial charge in [0.1, 0.15) is 4.21 Å². The summed E-state index contributed by atoms with van der Waals surface area (Å²) in [5.74, 6) is -0.373. The summed E-state index contributed by atoms with van der Waals surface area (Å²) < 4.78 is 33.9. The fourth-order valence-corrected chi connectivity index (χ4v) is 5.71. The molecule has 1 fully saturated rings. The number of oxazole rings is 1. The van der Waals surface area contributed by atoms with Gasteiger partial charge in [0, 0.05) is 0 Å². The molecule has 3 aromatic rings. The van der Waals surface area contributed by atoms with E-state index in [1.807, 2.05) is 18.2 Å². The molecule has 0 atom stereocenters. The highest BCUT2D eigenvalue weighted by atomic mass is 32.2. The molecule has 1 aliphatic heterocycles. The molecule has 0 amide bonds. The zero-order valence-corrected chi connectivity index (χ0v) is 15.1. The van der Waals surface area contributed by atoms with Crippen molar-refractivity contribution in [3.8, 4) is 0 Å². The van der Waals surface area contributed by atoms with E-state index in [2.05, 4.69) is 0 Å². The number of hydrogen-bond donors (Lipinski definition) is 1. The number of para-hydroxylation sites is 2. The van der Waals surface area contributed by atoms with Crippen LogP contribution in [0.3, 0.4) is 0 Å². The first-order valence-corrected chi connectivity index (χ1v) is 10.3. The van der Waals surface area contributed by atoms with Crippen LogP contribution in [0, 0.1) is 0 Å². The summed E-state index contributed by atoms with van der Waals surface area (Å²) in [5, 5.41) is 1.77. The number of fused-ring (bicyclic) bond motifs is 1. The third kappa shape index (κ3) is 3.04. The monoisotopic (exact) mass is 380 g/mol. The predicted octanol–water partition coefficient (Wildman–Crippen LogP) is 0.203. The van der Waals surface area contributed by atoms with Crippen molar-refractivity contribution >= 4 is 32.5 Å². The topological polar surface area (TPSA) is 77.0 Å². The Morgan fingerprint density at radius 2 is 1.88 bits per heavy atom. The van der Waals surface area contributed by atoms with E-state index in [0.717, 1.165) is 10.4 Å². The van der Waals surface area contributed by atoms with E-state index < -0.39 is 10.0 Å². The van der Waals surface area contributed by atoms with E-state index in [-0.39, 0.29) is 5.76 Å². The standard InChI is InChI=1S/C16H17N3O4S2/c20-16-19(13-4-1-2-5-14(13)23-16)12-17-7-9-18(10-8-17)25(21,22)15-6-3-11-24-15/h1-6,11H,7-10,12H2/p+1. The van der Waals surface area contributed by atoms with E-state index in [1.54, 1.807) is 28.1 Å². The Balaban J connectivity index is 1.47. The van der Waals surface area contributed by atoms with Gasteiger partial charge in [0.25, 0.3) is 10.0 Å². The molecule has 25 heavy (non-hydrogen) atoms. The Bertz CT molecular complexity index is 1030. The molecule has 1 N–H and O–H groups in total. The number of nitrogens with one attached hydrogen (secondary N) is 1. The molecule has 0 aliphatic carbocycles. The van der Waals surface area contributed by atoms with Crippen LogP contribution in [0.2, 0.25) is 0 Å². The second kappa shape index (κ2) is 6.41. The lowest BCUT2D eigenvalue weighted by atomic mass is 10.3. The van der Waals surface area contributed by atoms with Gasteiger partial charge in [0.05, 0.1) is 31.7 Å². The van der Waals surface area contributed by atoms with Crippen LogP contribution in [0.5, 0.6) is 0 Å². The van der Waals surface area contributed by atoms with Gasteiger partial charge in [-0.2, -0.15) is 4.31 Å². The molecular weight excluding hydrogens is 362 g/mol. The summed E-state index contributed by atoms with van der Waals surface area (Å²) in [6.45, 7) is 2.66. The smallest absolute Gasteiger partial charge is 0.408 e. The number of piperazine rings is 1. The highest BCUT2D eigenvalue weighted by molar-refractivity contribution is 7.91. The van der Waals surface area contributed by atoms with Crippen molar-refractivity contribution < 1.29 is 17.7 Å². The summed E-state index contributed by atoms with van der Waals surface area (Å²) in [7, 11) is -3.40. The fourth-order valence-electron chi connectivity index (χ4n) is 3.13. The molecular formula is C16H18N3O4S2+. The Kier molecular flexibility index (Phi) is 4.24. The van der Waals surface area contributed by atoms with Crippen LogP contribution < -0.4 is 10.7 Å². The third-order valence-electron chi connectivity index (χ3n) is 4.47. The number of sulfonamides is 1. The number of hydrogen-bond acceptors (Lipinski definition) is 5. The molecule has 2 aromatic heterocycles. The van der Waals surface area contributed by atoms with Gasteiger partial charge in [-0.15, -0.1) is 11.3 Å². The second-order valence-corrected chi connectivity index (χ2v) is 9.12. The van der Waals surface area contributed by atoms with Crippen molar-refractivity contribution in [2.75, 3.05) is 26.2 Å². The van der Waals surface area contributed by atoms with E-state index in [1.165, 1.54) is 15.6 Å². The van der Waals surface area contributed by atoms with Crippen molar-refractivity contribution in [2.45, 2.75) is 10.9 Å². The number of aromatic nitrogens is 1. The lowest BCUT2D eigenvalue weighted by Gasteiger charge is -2.31. The molecule has 0 unspecified atom stereocenters. The number of quaternary nitrogens is 1. The lowest BCUT2D eigenvalue weighted by Crippen LogP contribution is -3.14. The van der Waals surface area contributed by atoms with E-state index in [0.29, 0.717) is 42.6 Å². The molecule has 0 radical (unpaired) electrons. The molecule has 7 nitrogen and oxygen atoms in total. The highest BCUT2D eigenvalue weighted by Gasteiger charge is 2.31. The van der Waals surface area contributed by atoms with Gasteiger partial charge in [0.15, 0.2) is 12.3 Å². The summed E-state index contributed by atoms with van der Waals surface area (Å²) in [6.07, 6.45) is 0. The van der Waals surface area contributed by atoms with Crippen molar-refractivity contribution in [3.63, 3.8) is 0 Å². The Hall–Kier alpha value is -1.94. The van der Waals surface area contributed by atoms with Crippen LogP contribution in [-0.2, 0) is 16.7 Å². The zero-order chi connectivity index (χ0) is 17.4. The molecule has 0 spiro atoms. The van der Waals surface area contributed by atoms with Gasteiger partial charge < -0.3 is 9.32 Å². The molecule has 1 aliphatic rings. The molecule has 1 saturated heterocycles. The summed E-state index contributed by atoms with van der Waals surface area (Å²) >= 11 is 1.24. The first kappa shape index (κ1) is 16.5. The minimum absolute atomic E-state index is 0.373. The van der Waals surface area contributed by atoms with Gasteiger partial charge in [-0.25, -0.2) is 17.8 Å². The average Bonchev–Trinajstić information content (AvgIpc) is 3.25. The van der Waals surface area contributed by atoms with Gasteiger partial charge in [-0.05, 0) is 23.6 Å². The molecule has 132 valence electrons. The summed E-state index contributed by atoms with van der Waals surface area (Å²) in [5.41, 5.74) is 1.35. The van der Waals surface area contributed by atoms with Crippen LogP contribution in [0.15, 0.2) is 55.2 Å². The maximum absolute atomic E-state index is 12.6. The van der Waals surface area contributed by atoms with Crippen LogP contribution in [0.1, 0.15) is 0 Å². The first-order valence-electron chi connectivity index (χ1n) is 8.01. The average molecular weight is 380 g/mol. The van der Waals surface area contributed by atoms with Gasteiger partial charge >= 0.3 is 5.76 Å². The second-order valence-electron chi connectivity index (χ2n) is 6.01. The number of nitrogens with zero attached hydrogens (tertiary/aromatic N) is 2. The number of thiophene rings is 1. The van der Waals surface area contributed by atoms with Crippen molar-refractivity contribution in [3.05, 3.63) is 52.3 Å². The lowest BCUT2D eigenvalue weighted by molar-refractivity contribution is -0.926. The molecule has 3 heterocycles. The normalized spacial score (nSPS) is 17.3. The van der Waals surface area contributed by atoms with Crippen LogP contribution in [-0.4, -0.2) is 43.5 Å². The number of rotatable bonds is 4. The van der Waals surface area contributed by atoms with Crippen molar-refractivity contribution in [1.82, 2.24) is 8.87 Å². The Labute approximate surface area is 148 Å². The molecule has 0 saturated carbocycles. The van der Waals surface area contributed by atoms with Crippen LogP contribution in [0.25, 0.3) is 11.1 Å². The molecule has 9 heteroatoms. The summed E-state index contributed by atoms with van der Waals surface area (Å²) in [4.78, 5) is 13.2. The van der Waals surface area contributed by atoms with Gasteiger partial charge in [-0.1, -0.05) is 18.2 Å². The maximum atomic E-state index is 12.6. The van der Waals surface area contributed by atoms with Gasteiger partial charge in [0.2, 0.25) is 0 Å². The molecule has 1 aromatic carbocycles. The minimum Gasteiger partial charge on any atom is -0.408 e. The van der Waals surface area contributed by atoms with E-state index in [9.17, 15) is 13.2 Å². The highest BCUT2D eigenvalue weighted by Crippen LogP contribution is 2.20. The minimum atomic E-state index is -3.40. The zero-order valence-electron chi connectivity index (χ0n) is 13.4. The molecule has 4 rings (SSSR count). The van der Waals surface area contributed by atoms with Gasteiger partial charge in [-0.3, -0.25) is 0 Å². The SMILES string of the molecule is O=c1oc2ccccc2n1C[NH+]1CCN(S(=O)(=O)c2cccs2)CC1. The van der Waals surface area contributed by atoms with Crippen molar-refractivity contribution in [2.24, 2.45) is 0 Å². The first-order chi connectivity index (χ1) is 12.1. The summed E-state index contributed by atoms with van der Waals surface area (Å²) in [6, 6.07) is 10.7. The number of benzene rings is 1. The Morgan fingerprint density at radius 3 is 2.60 bits per heavy atom. The third-order valence-corrected chi connectivity index (χ3v) is 7.75. The van der Waals surface area contributed by atoms with Crippen LogP contribution >= 0.6 is 11.3 Å². The largest absolute Gasteiger partial charge is 0.424 e.